The quantitative estimate of drug-likeness (QED) is 0.873. The number of benzene rings is 1. The van der Waals surface area contributed by atoms with Crippen molar-refractivity contribution in [3.8, 4) is 5.75 Å². The zero-order valence-corrected chi connectivity index (χ0v) is 10.8. The molecule has 100 valence electrons. The summed E-state index contributed by atoms with van der Waals surface area (Å²) in [7, 11) is 0. The number of hydrogen-bond acceptors (Lipinski definition) is 2. The molecule has 0 aliphatic rings. The Morgan fingerprint density at radius 2 is 2.17 bits per heavy atom. The van der Waals surface area contributed by atoms with Crippen LogP contribution in [0.3, 0.4) is 0 Å². The van der Waals surface area contributed by atoms with E-state index in [2.05, 4.69) is 15.9 Å². The fraction of sp³-hybridized carbons (Fsp3) is 0.364. The molecule has 0 saturated heterocycles. The largest absolute Gasteiger partial charge is 0.484 e. The Hall–Kier alpha value is -1.24. The van der Waals surface area contributed by atoms with Crippen LogP contribution in [0.1, 0.15) is 0 Å². The van der Waals surface area contributed by atoms with E-state index < -0.39 is 31.7 Å². The fourth-order valence-electron chi connectivity index (χ4n) is 1.12. The molecule has 1 N–H and O–H groups in total. The molecule has 0 aliphatic heterocycles. The molecule has 0 fully saturated rings. The van der Waals surface area contributed by atoms with Gasteiger partial charge in [0.1, 0.15) is 18.5 Å². The first kappa shape index (κ1) is 14.8. The molecule has 18 heavy (non-hydrogen) atoms. The summed E-state index contributed by atoms with van der Waals surface area (Å²) in [5.41, 5.74) is 0. The first-order valence-electron chi connectivity index (χ1n) is 5.04. The molecule has 3 nitrogen and oxygen atoms in total. The lowest BCUT2D eigenvalue weighted by Crippen LogP contribution is -2.43. The van der Waals surface area contributed by atoms with Crippen LogP contribution in [0.4, 0.5) is 13.2 Å². The number of rotatable bonds is 6. The number of nitrogens with one attached hydrogen (secondary N) is 1. The van der Waals surface area contributed by atoms with E-state index in [9.17, 15) is 18.0 Å². The fourth-order valence-corrected chi connectivity index (χ4v) is 1.50. The predicted octanol–water partition coefficient (Wildman–Crippen LogP) is 2.55. The highest BCUT2D eigenvalue weighted by Gasteiger charge is 2.22. The van der Waals surface area contributed by atoms with Gasteiger partial charge in [-0.15, -0.1) is 0 Å². The Labute approximate surface area is 110 Å². The zero-order chi connectivity index (χ0) is 13.5. The summed E-state index contributed by atoms with van der Waals surface area (Å²) >= 11 is 3.21. The smallest absolute Gasteiger partial charge is 0.261 e. The minimum atomic E-state index is -2.94. The second kappa shape index (κ2) is 7.25. The molecule has 0 aliphatic carbocycles. The van der Waals surface area contributed by atoms with Gasteiger partial charge in [0.15, 0.2) is 6.61 Å². The topological polar surface area (TPSA) is 38.3 Å². The van der Waals surface area contributed by atoms with E-state index in [1.54, 1.807) is 24.3 Å². The average Bonchev–Trinajstić information content (AvgIpc) is 2.33. The van der Waals surface area contributed by atoms with Gasteiger partial charge in [-0.2, -0.15) is 0 Å². The third-order valence-corrected chi connectivity index (χ3v) is 2.48. The second-order valence-electron chi connectivity index (χ2n) is 3.41. The van der Waals surface area contributed by atoms with Crippen molar-refractivity contribution in [2.75, 3.05) is 13.3 Å². The SMILES string of the molecule is O=C(COc1cccc(Br)c1)NC(CF)C(F)F. The highest BCUT2D eigenvalue weighted by molar-refractivity contribution is 9.10. The summed E-state index contributed by atoms with van der Waals surface area (Å²) in [6.07, 6.45) is -2.94. The Balaban J connectivity index is 2.41. The summed E-state index contributed by atoms with van der Waals surface area (Å²) in [5.74, 6) is -0.383. The van der Waals surface area contributed by atoms with E-state index in [-0.39, 0.29) is 0 Å². The van der Waals surface area contributed by atoms with Gasteiger partial charge in [0.05, 0.1) is 0 Å². The number of ether oxygens (including phenoxy) is 1. The average molecular weight is 326 g/mol. The minimum Gasteiger partial charge on any atom is -0.484 e. The Kier molecular flexibility index (Phi) is 5.97. The van der Waals surface area contributed by atoms with Crippen molar-refractivity contribution >= 4 is 21.8 Å². The van der Waals surface area contributed by atoms with Gasteiger partial charge in [0, 0.05) is 4.47 Å². The van der Waals surface area contributed by atoms with Crippen LogP contribution in [0.25, 0.3) is 0 Å². The van der Waals surface area contributed by atoms with Gasteiger partial charge in [0.2, 0.25) is 0 Å². The Morgan fingerprint density at radius 1 is 1.44 bits per heavy atom. The van der Waals surface area contributed by atoms with Gasteiger partial charge in [0.25, 0.3) is 12.3 Å². The molecular formula is C11H11BrF3NO2. The minimum absolute atomic E-state index is 0.411. The molecule has 1 aromatic rings. The molecule has 1 rings (SSSR count). The van der Waals surface area contributed by atoms with Gasteiger partial charge in [-0.05, 0) is 18.2 Å². The third-order valence-electron chi connectivity index (χ3n) is 1.98. The summed E-state index contributed by atoms with van der Waals surface area (Å²) in [6, 6.07) is 4.90. The third kappa shape index (κ3) is 4.95. The van der Waals surface area contributed by atoms with Crippen LogP contribution in [-0.4, -0.2) is 31.7 Å². The summed E-state index contributed by atoms with van der Waals surface area (Å²) in [6.45, 7) is -1.76. The van der Waals surface area contributed by atoms with Crippen molar-refractivity contribution in [3.05, 3.63) is 28.7 Å². The molecular weight excluding hydrogens is 315 g/mol. The highest BCUT2D eigenvalue weighted by atomic mass is 79.9. The molecule has 0 bridgehead atoms. The number of alkyl halides is 3. The van der Waals surface area contributed by atoms with Gasteiger partial charge in [-0.1, -0.05) is 22.0 Å². The van der Waals surface area contributed by atoms with Gasteiger partial charge in [-0.25, -0.2) is 13.2 Å². The van der Waals surface area contributed by atoms with Crippen molar-refractivity contribution in [3.63, 3.8) is 0 Å². The zero-order valence-electron chi connectivity index (χ0n) is 9.21. The van der Waals surface area contributed by atoms with E-state index in [0.717, 1.165) is 4.47 Å². The molecule has 0 saturated carbocycles. The van der Waals surface area contributed by atoms with Crippen molar-refractivity contribution in [2.24, 2.45) is 0 Å². The molecule has 0 spiro atoms. The van der Waals surface area contributed by atoms with Crippen molar-refractivity contribution in [2.45, 2.75) is 12.5 Å². The highest BCUT2D eigenvalue weighted by Crippen LogP contribution is 2.17. The molecule has 1 aromatic carbocycles. The van der Waals surface area contributed by atoms with Crippen LogP contribution in [0.15, 0.2) is 28.7 Å². The molecule has 0 radical (unpaired) electrons. The van der Waals surface area contributed by atoms with Crippen LogP contribution < -0.4 is 10.1 Å². The number of hydrogen-bond donors (Lipinski definition) is 1. The lowest BCUT2D eigenvalue weighted by Gasteiger charge is -2.14. The lowest BCUT2D eigenvalue weighted by atomic mass is 10.3. The van der Waals surface area contributed by atoms with Gasteiger partial charge in [-0.3, -0.25) is 4.79 Å². The molecule has 0 aromatic heterocycles. The molecule has 1 amide bonds. The first-order chi connectivity index (χ1) is 8.52. The van der Waals surface area contributed by atoms with Crippen LogP contribution in [-0.2, 0) is 4.79 Å². The predicted molar refractivity (Wildman–Crippen MR) is 63.5 cm³/mol. The Morgan fingerprint density at radius 3 is 2.72 bits per heavy atom. The number of amides is 1. The first-order valence-corrected chi connectivity index (χ1v) is 5.84. The molecule has 0 heterocycles. The number of carbonyl (C=O) groups is 1. The van der Waals surface area contributed by atoms with E-state index in [4.69, 9.17) is 4.74 Å². The van der Waals surface area contributed by atoms with Gasteiger partial charge >= 0.3 is 0 Å². The monoisotopic (exact) mass is 325 g/mol. The summed E-state index contributed by atoms with van der Waals surface area (Å²) in [4.78, 5) is 11.2. The van der Waals surface area contributed by atoms with Crippen LogP contribution in [0.2, 0.25) is 0 Å². The maximum Gasteiger partial charge on any atom is 0.261 e. The summed E-state index contributed by atoms with van der Waals surface area (Å²) < 4.78 is 42.3. The van der Waals surface area contributed by atoms with E-state index in [1.807, 2.05) is 5.32 Å². The summed E-state index contributed by atoms with van der Waals surface area (Å²) in [5, 5.41) is 1.85. The molecule has 7 heteroatoms. The number of halogens is 4. The Bertz CT molecular complexity index is 404. The van der Waals surface area contributed by atoms with Crippen molar-refractivity contribution in [1.82, 2.24) is 5.32 Å². The maximum atomic E-state index is 12.2. The number of carbonyl (C=O) groups excluding carboxylic acids is 1. The van der Waals surface area contributed by atoms with Gasteiger partial charge < -0.3 is 10.1 Å². The van der Waals surface area contributed by atoms with Crippen molar-refractivity contribution in [1.29, 1.82) is 0 Å². The standard InChI is InChI=1S/C11H11BrF3NO2/c12-7-2-1-3-8(4-7)18-6-10(17)16-9(5-13)11(14)15/h1-4,9,11H,5-6H2,(H,16,17). The molecule has 1 unspecified atom stereocenters. The second-order valence-corrected chi connectivity index (χ2v) is 4.32. The normalized spacial score (nSPS) is 12.3. The molecule has 1 atom stereocenters. The lowest BCUT2D eigenvalue weighted by molar-refractivity contribution is -0.125. The van der Waals surface area contributed by atoms with E-state index in [0.29, 0.717) is 5.75 Å². The van der Waals surface area contributed by atoms with E-state index >= 15 is 0 Å². The van der Waals surface area contributed by atoms with E-state index in [1.165, 1.54) is 0 Å². The maximum absolute atomic E-state index is 12.2. The van der Waals surface area contributed by atoms with Crippen molar-refractivity contribution < 1.29 is 22.7 Å². The van der Waals surface area contributed by atoms with Crippen LogP contribution in [0.5, 0.6) is 5.75 Å². The van der Waals surface area contributed by atoms with Crippen LogP contribution >= 0.6 is 15.9 Å². The van der Waals surface area contributed by atoms with Crippen LogP contribution in [0, 0.1) is 0 Å².